The van der Waals surface area contributed by atoms with Crippen LogP contribution in [-0.4, -0.2) is 19.2 Å². The molecule has 0 bridgehead atoms. The van der Waals surface area contributed by atoms with Crippen molar-refractivity contribution < 1.29 is 0 Å². The van der Waals surface area contributed by atoms with Crippen LogP contribution in [0.2, 0.25) is 0 Å². The Hall–Kier alpha value is -3.25. The van der Waals surface area contributed by atoms with Crippen molar-refractivity contribution in [2.75, 3.05) is 0 Å². The van der Waals surface area contributed by atoms with E-state index < -0.39 is 0 Å². The van der Waals surface area contributed by atoms with Crippen LogP contribution in [0.25, 0.3) is 33.1 Å². The largest absolute Gasteiger partial charge is 0.268 e. The lowest BCUT2D eigenvalue weighted by atomic mass is 9.72. The predicted molar refractivity (Wildman–Crippen MR) is 134 cm³/mol. The van der Waals surface area contributed by atoms with Crippen molar-refractivity contribution in [2.24, 2.45) is 11.3 Å². The number of para-hydroxylation sites is 1. The van der Waals surface area contributed by atoms with Crippen molar-refractivity contribution in [2.45, 2.75) is 40.0 Å². The summed E-state index contributed by atoms with van der Waals surface area (Å²) >= 11 is 1.75. The number of hydrogen-bond donors (Lipinski definition) is 0. The number of benzene rings is 2. The van der Waals surface area contributed by atoms with E-state index in [1.54, 1.807) is 15.9 Å². The van der Waals surface area contributed by atoms with Crippen molar-refractivity contribution >= 4 is 27.3 Å². The van der Waals surface area contributed by atoms with E-state index in [1.165, 1.54) is 10.4 Å². The van der Waals surface area contributed by atoms with Gasteiger partial charge in [0.05, 0.1) is 11.1 Å². The highest BCUT2D eigenvalue weighted by Gasteiger charge is 2.33. The van der Waals surface area contributed by atoms with Gasteiger partial charge in [-0.2, -0.15) is 0 Å². The van der Waals surface area contributed by atoms with Crippen LogP contribution in [0.3, 0.4) is 0 Å². The van der Waals surface area contributed by atoms with Crippen LogP contribution in [0.1, 0.15) is 37.6 Å². The SMILES string of the molecule is CC(C)(C)C1CCc2c(sc3c2c(=O)n(-c2ccccc2)c2nnc(-c4ccccc4)n32)C1. The Balaban J connectivity index is 1.72. The second-order valence-electron chi connectivity index (χ2n) is 9.99. The number of rotatable bonds is 2. The number of aryl methyl sites for hydroxylation is 1. The van der Waals surface area contributed by atoms with Crippen LogP contribution >= 0.6 is 11.3 Å². The maximum Gasteiger partial charge on any atom is 0.268 e. The minimum Gasteiger partial charge on any atom is -0.268 e. The van der Waals surface area contributed by atoms with Crippen molar-refractivity contribution in [3.05, 3.63) is 81.5 Å². The Kier molecular flexibility index (Phi) is 4.56. The third-order valence-corrected chi connectivity index (χ3v) is 8.22. The van der Waals surface area contributed by atoms with Crippen molar-refractivity contribution in [1.82, 2.24) is 19.2 Å². The zero-order valence-corrected chi connectivity index (χ0v) is 19.9. The fraction of sp³-hybridized carbons (Fsp3) is 0.296. The number of hydrogen-bond acceptors (Lipinski definition) is 4. The van der Waals surface area contributed by atoms with Gasteiger partial charge >= 0.3 is 0 Å². The van der Waals surface area contributed by atoms with Gasteiger partial charge in [-0.1, -0.05) is 69.3 Å². The Labute approximate surface area is 196 Å². The van der Waals surface area contributed by atoms with E-state index in [0.717, 1.165) is 46.6 Å². The van der Waals surface area contributed by atoms with Gasteiger partial charge in [0.15, 0.2) is 5.82 Å². The lowest BCUT2D eigenvalue weighted by Gasteiger charge is -2.33. The van der Waals surface area contributed by atoms with Gasteiger partial charge in [-0.3, -0.25) is 9.20 Å². The molecule has 3 aromatic heterocycles. The zero-order chi connectivity index (χ0) is 22.7. The first-order valence-corrected chi connectivity index (χ1v) is 12.3. The highest BCUT2D eigenvalue weighted by molar-refractivity contribution is 7.19. The molecule has 0 fully saturated rings. The van der Waals surface area contributed by atoms with E-state index in [4.69, 9.17) is 0 Å². The average Bonchev–Trinajstić information content (AvgIpc) is 3.41. The molecule has 0 amide bonds. The van der Waals surface area contributed by atoms with Crippen molar-refractivity contribution in [3.63, 3.8) is 0 Å². The molecule has 0 N–H and O–H groups in total. The van der Waals surface area contributed by atoms with Crippen molar-refractivity contribution in [3.8, 4) is 17.1 Å². The van der Waals surface area contributed by atoms with Crippen LogP contribution in [-0.2, 0) is 12.8 Å². The van der Waals surface area contributed by atoms with Gasteiger partial charge in [0.2, 0.25) is 5.78 Å². The molecule has 6 heteroatoms. The first kappa shape index (κ1) is 20.4. The first-order chi connectivity index (χ1) is 15.9. The summed E-state index contributed by atoms with van der Waals surface area (Å²) in [6.07, 6.45) is 3.07. The van der Waals surface area contributed by atoms with E-state index in [2.05, 4.69) is 35.4 Å². The van der Waals surface area contributed by atoms with Gasteiger partial charge in [0.25, 0.3) is 5.56 Å². The van der Waals surface area contributed by atoms with E-state index >= 15 is 0 Å². The molecule has 0 spiro atoms. The molecule has 1 atom stereocenters. The third-order valence-electron chi connectivity index (χ3n) is 6.98. The number of nitrogens with zero attached hydrogens (tertiary/aromatic N) is 4. The predicted octanol–water partition coefficient (Wildman–Crippen LogP) is 5.91. The third kappa shape index (κ3) is 3.16. The summed E-state index contributed by atoms with van der Waals surface area (Å²) in [6, 6.07) is 19.9. The Morgan fingerprint density at radius 2 is 1.67 bits per heavy atom. The number of thiophene rings is 1. The second-order valence-corrected chi connectivity index (χ2v) is 11.1. The molecule has 1 unspecified atom stereocenters. The normalized spacial score (nSPS) is 16.4. The molecule has 166 valence electrons. The molecular formula is C27H26N4OS. The summed E-state index contributed by atoms with van der Waals surface area (Å²) in [4.78, 5) is 16.3. The lowest BCUT2D eigenvalue weighted by Crippen LogP contribution is -2.27. The summed E-state index contributed by atoms with van der Waals surface area (Å²) in [6.45, 7) is 6.97. The lowest BCUT2D eigenvalue weighted by molar-refractivity contribution is 0.218. The van der Waals surface area contributed by atoms with E-state index in [9.17, 15) is 4.79 Å². The Morgan fingerprint density at radius 3 is 2.36 bits per heavy atom. The average molecular weight is 455 g/mol. The molecule has 0 aliphatic heterocycles. The summed E-state index contributed by atoms with van der Waals surface area (Å²) in [5.41, 5.74) is 3.27. The second kappa shape index (κ2) is 7.39. The number of aromatic nitrogens is 4. The van der Waals surface area contributed by atoms with Gasteiger partial charge in [0.1, 0.15) is 4.83 Å². The molecule has 0 radical (unpaired) electrons. The minimum absolute atomic E-state index is 0.00224. The van der Waals surface area contributed by atoms with Gasteiger partial charge in [0, 0.05) is 10.4 Å². The molecular weight excluding hydrogens is 428 g/mol. The van der Waals surface area contributed by atoms with Crippen molar-refractivity contribution in [1.29, 1.82) is 0 Å². The molecule has 1 aliphatic rings. The van der Waals surface area contributed by atoms with Gasteiger partial charge in [-0.15, -0.1) is 21.5 Å². The standard InChI is InChI=1S/C27H26N4OS/c1-27(2,3)18-14-15-20-21(16-18)33-25-22(20)24(32)30(19-12-8-5-9-13-19)26-29-28-23(31(25)26)17-10-6-4-7-11-17/h4-13,18H,14-16H2,1-3H3. The zero-order valence-electron chi connectivity index (χ0n) is 19.1. The first-order valence-electron chi connectivity index (χ1n) is 11.5. The Bertz CT molecular complexity index is 1540. The monoisotopic (exact) mass is 454 g/mol. The molecule has 3 heterocycles. The molecule has 5 aromatic rings. The van der Waals surface area contributed by atoms with Gasteiger partial charge in [-0.05, 0) is 48.3 Å². The highest BCUT2D eigenvalue weighted by atomic mass is 32.1. The molecule has 0 saturated heterocycles. The van der Waals surface area contributed by atoms with Gasteiger partial charge in [-0.25, -0.2) is 4.57 Å². The van der Waals surface area contributed by atoms with Crippen LogP contribution < -0.4 is 5.56 Å². The minimum atomic E-state index is 0.00224. The summed E-state index contributed by atoms with van der Waals surface area (Å²) in [5, 5.41) is 9.92. The molecule has 0 saturated carbocycles. The molecule has 5 nitrogen and oxygen atoms in total. The van der Waals surface area contributed by atoms with Crippen LogP contribution in [0, 0.1) is 11.3 Å². The quantitative estimate of drug-likeness (QED) is 0.333. The van der Waals surface area contributed by atoms with E-state index in [-0.39, 0.29) is 11.0 Å². The molecule has 1 aliphatic carbocycles. The van der Waals surface area contributed by atoms with E-state index in [1.807, 2.05) is 60.7 Å². The summed E-state index contributed by atoms with van der Waals surface area (Å²) < 4.78 is 3.82. The Morgan fingerprint density at radius 1 is 0.970 bits per heavy atom. The highest BCUT2D eigenvalue weighted by Crippen LogP contribution is 2.43. The fourth-order valence-electron chi connectivity index (χ4n) is 5.08. The summed E-state index contributed by atoms with van der Waals surface area (Å²) in [5.74, 6) is 1.94. The maximum absolute atomic E-state index is 14.0. The van der Waals surface area contributed by atoms with E-state index in [0.29, 0.717) is 11.7 Å². The fourth-order valence-corrected chi connectivity index (χ4v) is 6.50. The topological polar surface area (TPSA) is 52.2 Å². The van der Waals surface area contributed by atoms with Crippen LogP contribution in [0.4, 0.5) is 0 Å². The smallest absolute Gasteiger partial charge is 0.268 e. The van der Waals surface area contributed by atoms with Crippen LogP contribution in [0.5, 0.6) is 0 Å². The maximum atomic E-state index is 14.0. The molecule has 33 heavy (non-hydrogen) atoms. The molecule has 2 aromatic carbocycles. The molecule has 6 rings (SSSR count). The van der Waals surface area contributed by atoms with Gasteiger partial charge < -0.3 is 0 Å². The summed E-state index contributed by atoms with van der Waals surface area (Å²) in [7, 11) is 0. The number of fused-ring (bicyclic) bond motifs is 5. The van der Waals surface area contributed by atoms with Crippen LogP contribution in [0.15, 0.2) is 65.5 Å².